The Morgan fingerprint density at radius 3 is 2.65 bits per heavy atom. The van der Waals surface area contributed by atoms with Gasteiger partial charge >= 0.3 is 5.97 Å². The number of rotatable bonds is 7. The molecule has 0 N–H and O–H groups in total. The third-order valence-corrected chi connectivity index (χ3v) is 7.25. The number of methoxy groups -OCH3 is 1. The normalized spacial score (nSPS) is 15.0. The van der Waals surface area contributed by atoms with E-state index in [-0.39, 0.29) is 23.6 Å². The molecule has 1 unspecified atom stereocenters. The Morgan fingerprint density at radius 1 is 1.23 bits per heavy atom. The number of nitro benzene ring substituents is 1. The molecule has 12 heteroatoms. The molecule has 0 spiro atoms. The van der Waals surface area contributed by atoms with E-state index in [9.17, 15) is 24.1 Å². The van der Waals surface area contributed by atoms with Crippen LogP contribution in [0.2, 0.25) is 0 Å². The first-order valence-corrected chi connectivity index (χ1v) is 12.9. The summed E-state index contributed by atoms with van der Waals surface area (Å²) in [6.45, 7) is 3.48. The molecule has 0 bridgehead atoms. The van der Waals surface area contributed by atoms with Gasteiger partial charge in [0.15, 0.2) is 4.80 Å². The van der Waals surface area contributed by atoms with Crippen LogP contribution in [0.15, 0.2) is 80.1 Å². The third-order valence-electron chi connectivity index (χ3n) is 6.26. The lowest BCUT2D eigenvalue weighted by molar-refractivity contribution is -0.384. The second-order valence-corrected chi connectivity index (χ2v) is 9.71. The summed E-state index contributed by atoms with van der Waals surface area (Å²) in [6.07, 6.45) is 1.55. The van der Waals surface area contributed by atoms with E-state index in [2.05, 4.69) is 4.99 Å². The minimum absolute atomic E-state index is 0.123. The van der Waals surface area contributed by atoms with E-state index in [0.29, 0.717) is 37.7 Å². The van der Waals surface area contributed by atoms with Crippen LogP contribution in [0.3, 0.4) is 0 Å². The number of halogens is 1. The SMILES string of the molecule is CCOC(=O)C1=C(C)N=c2s/c(=C\c3ccc(-c4ccc([N+](=O)[O-])cc4OC)o3)c(=O)n2C1c1ccc(F)cc1. The highest BCUT2D eigenvalue weighted by Crippen LogP contribution is 2.34. The Hall–Kier alpha value is -4.84. The molecular formula is C28H22FN3O7S. The van der Waals surface area contributed by atoms with E-state index in [1.165, 1.54) is 54.1 Å². The average molecular weight is 564 g/mol. The molecule has 4 aromatic rings. The van der Waals surface area contributed by atoms with Crippen LogP contribution in [-0.4, -0.2) is 29.2 Å². The molecule has 2 aromatic heterocycles. The first-order valence-electron chi connectivity index (χ1n) is 12.1. The van der Waals surface area contributed by atoms with Gasteiger partial charge in [-0.1, -0.05) is 23.5 Å². The zero-order chi connectivity index (χ0) is 28.6. The molecule has 2 aromatic carbocycles. The molecule has 5 rings (SSSR count). The Bertz CT molecular complexity index is 1850. The number of hydrogen-bond acceptors (Lipinski definition) is 9. The van der Waals surface area contributed by atoms with E-state index in [1.54, 1.807) is 32.1 Å². The zero-order valence-electron chi connectivity index (χ0n) is 21.5. The molecule has 0 saturated carbocycles. The average Bonchev–Trinajstić information content (AvgIpc) is 3.52. The van der Waals surface area contributed by atoms with Gasteiger partial charge in [-0.15, -0.1) is 0 Å². The Balaban J connectivity index is 1.61. The van der Waals surface area contributed by atoms with Crippen LogP contribution in [0.4, 0.5) is 10.1 Å². The maximum atomic E-state index is 13.7. The van der Waals surface area contributed by atoms with Crippen LogP contribution in [0, 0.1) is 15.9 Å². The highest BCUT2D eigenvalue weighted by atomic mass is 32.1. The third kappa shape index (κ3) is 4.84. The summed E-state index contributed by atoms with van der Waals surface area (Å²) < 4.78 is 31.9. The molecular weight excluding hydrogens is 541 g/mol. The summed E-state index contributed by atoms with van der Waals surface area (Å²) in [5.41, 5.74) is 1.07. The lowest BCUT2D eigenvalue weighted by atomic mass is 9.96. The summed E-state index contributed by atoms with van der Waals surface area (Å²) in [7, 11) is 1.40. The van der Waals surface area contributed by atoms with Crippen molar-refractivity contribution in [2.24, 2.45) is 4.99 Å². The van der Waals surface area contributed by atoms with Gasteiger partial charge in [0.1, 0.15) is 23.1 Å². The van der Waals surface area contributed by atoms with Gasteiger partial charge in [0.2, 0.25) is 0 Å². The van der Waals surface area contributed by atoms with Gasteiger partial charge in [0, 0.05) is 12.1 Å². The van der Waals surface area contributed by atoms with Gasteiger partial charge in [-0.2, -0.15) is 0 Å². The first-order chi connectivity index (χ1) is 19.2. The van der Waals surface area contributed by atoms with Crippen molar-refractivity contribution in [3.05, 3.63) is 113 Å². The van der Waals surface area contributed by atoms with Gasteiger partial charge in [0.05, 0.1) is 52.1 Å². The molecule has 1 atom stereocenters. The van der Waals surface area contributed by atoms with Gasteiger partial charge in [-0.05, 0) is 49.7 Å². The van der Waals surface area contributed by atoms with Crippen molar-refractivity contribution >= 4 is 29.1 Å². The molecule has 40 heavy (non-hydrogen) atoms. The fourth-order valence-electron chi connectivity index (χ4n) is 4.45. The maximum Gasteiger partial charge on any atom is 0.338 e. The number of non-ortho nitro benzene ring substituents is 1. The highest BCUT2D eigenvalue weighted by Gasteiger charge is 2.33. The topological polar surface area (TPSA) is 126 Å². The largest absolute Gasteiger partial charge is 0.496 e. The molecule has 1 aliphatic heterocycles. The van der Waals surface area contributed by atoms with Gasteiger partial charge in [-0.3, -0.25) is 19.5 Å². The number of aromatic nitrogens is 1. The maximum absolute atomic E-state index is 13.7. The van der Waals surface area contributed by atoms with E-state index < -0.39 is 28.3 Å². The Labute approximate surface area is 230 Å². The minimum atomic E-state index is -0.866. The van der Waals surface area contributed by atoms with Crippen molar-refractivity contribution in [1.29, 1.82) is 0 Å². The number of esters is 1. The van der Waals surface area contributed by atoms with Gasteiger partial charge in [-0.25, -0.2) is 14.2 Å². The fourth-order valence-corrected chi connectivity index (χ4v) is 5.48. The van der Waals surface area contributed by atoms with Crippen molar-refractivity contribution in [2.75, 3.05) is 13.7 Å². The fraction of sp³-hybridized carbons (Fsp3) is 0.179. The van der Waals surface area contributed by atoms with E-state index in [4.69, 9.17) is 13.9 Å². The first kappa shape index (κ1) is 26.8. The Morgan fingerprint density at radius 2 is 1.98 bits per heavy atom. The van der Waals surface area contributed by atoms with Crippen molar-refractivity contribution < 1.29 is 28.0 Å². The molecule has 0 aliphatic carbocycles. The molecule has 1 aliphatic rings. The number of allylic oxidation sites excluding steroid dienone is 1. The number of hydrogen-bond donors (Lipinski definition) is 0. The smallest absolute Gasteiger partial charge is 0.338 e. The number of thiazole rings is 1. The predicted molar refractivity (Wildman–Crippen MR) is 144 cm³/mol. The highest BCUT2D eigenvalue weighted by molar-refractivity contribution is 7.07. The zero-order valence-corrected chi connectivity index (χ0v) is 22.4. The van der Waals surface area contributed by atoms with Crippen LogP contribution in [0.25, 0.3) is 17.4 Å². The van der Waals surface area contributed by atoms with E-state index in [0.717, 1.165) is 11.3 Å². The monoisotopic (exact) mass is 563 g/mol. The van der Waals surface area contributed by atoms with Crippen LogP contribution >= 0.6 is 11.3 Å². The molecule has 10 nitrogen and oxygen atoms in total. The number of benzene rings is 2. The predicted octanol–water partition coefficient (Wildman–Crippen LogP) is 4.11. The Kier molecular flexibility index (Phi) is 7.18. The number of ether oxygens (including phenoxy) is 2. The lowest BCUT2D eigenvalue weighted by Crippen LogP contribution is -2.39. The second kappa shape index (κ2) is 10.7. The quantitative estimate of drug-likeness (QED) is 0.188. The summed E-state index contributed by atoms with van der Waals surface area (Å²) in [5.74, 6) is -0.0700. The molecule has 0 amide bonds. The molecule has 0 fully saturated rings. The van der Waals surface area contributed by atoms with Crippen LogP contribution in [0.5, 0.6) is 5.75 Å². The number of nitrogens with zero attached hydrogens (tertiary/aromatic N) is 3. The molecule has 3 heterocycles. The molecule has 0 radical (unpaired) electrons. The van der Waals surface area contributed by atoms with Crippen molar-refractivity contribution in [3.8, 4) is 17.1 Å². The van der Waals surface area contributed by atoms with Crippen molar-refractivity contribution in [3.63, 3.8) is 0 Å². The molecule has 0 saturated heterocycles. The standard InChI is InChI=1S/C28H22FN3O7S/c1-4-38-27(34)24-15(2)30-28-31(25(24)16-5-7-17(29)8-6-16)26(33)23(40-28)14-19-10-12-21(39-19)20-11-9-18(32(35)36)13-22(20)37-3/h5-14,25H,4H2,1-3H3/b23-14-. The summed E-state index contributed by atoms with van der Waals surface area (Å²) >= 11 is 1.12. The van der Waals surface area contributed by atoms with E-state index in [1.807, 2.05) is 0 Å². The number of nitro groups is 1. The minimum Gasteiger partial charge on any atom is -0.496 e. The number of carbonyl (C=O) groups excluding carboxylic acids is 1. The number of carbonyl (C=O) groups is 1. The number of fused-ring (bicyclic) bond motifs is 1. The van der Waals surface area contributed by atoms with Crippen molar-refractivity contribution in [2.45, 2.75) is 19.9 Å². The van der Waals surface area contributed by atoms with Crippen molar-refractivity contribution in [1.82, 2.24) is 4.57 Å². The van der Waals surface area contributed by atoms with Gasteiger partial charge < -0.3 is 13.9 Å². The number of furan rings is 1. The summed E-state index contributed by atoms with van der Waals surface area (Å²) in [5, 5.41) is 11.1. The molecule has 204 valence electrons. The second-order valence-electron chi connectivity index (χ2n) is 8.70. The van der Waals surface area contributed by atoms with Crippen LogP contribution in [-0.2, 0) is 9.53 Å². The van der Waals surface area contributed by atoms with Crippen LogP contribution < -0.4 is 19.6 Å². The summed E-state index contributed by atoms with van der Waals surface area (Å²) in [4.78, 5) is 42.1. The van der Waals surface area contributed by atoms with Gasteiger partial charge in [0.25, 0.3) is 11.2 Å². The lowest BCUT2D eigenvalue weighted by Gasteiger charge is -2.24. The van der Waals surface area contributed by atoms with Crippen LogP contribution in [0.1, 0.15) is 31.2 Å². The van der Waals surface area contributed by atoms with E-state index >= 15 is 0 Å². The summed E-state index contributed by atoms with van der Waals surface area (Å²) in [6, 6.07) is 12.2.